The second-order valence-corrected chi connectivity index (χ2v) is 4.16. The van der Waals surface area contributed by atoms with Crippen LogP contribution in [0.15, 0.2) is 18.2 Å². The maximum Gasteiger partial charge on any atom is 0.124 e. The van der Waals surface area contributed by atoms with Gasteiger partial charge in [0, 0.05) is 18.7 Å². The van der Waals surface area contributed by atoms with Gasteiger partial charge in [0.15, 0.2) is 0 Å². The van der Waals surface area contributed by atoms with Crippen molar-refractivity contribution in [2.75, 3.05) is 41.4 Å². The summed E-state index contributed by atoms with van der Waals surface area (Å²) in [5.41, 5.74) is 1.12. The molecule has 0 aliphatic carbocycles. The molecule has 17 heavy (non-hydrogen) atoms. The number of hydrogen-bond donors (Lipinski definition) is 1. The highest BCUT2D eigenvalue weighted by Gasteiger charge is 2.05. The first-order valence-corrected chi connectivity index (χ1v) is 5.76. The fourth-order valence-corrected chi connectivity index (χ4v) is 1.49. The van der Waals surface area contributed by atoms with Gasteiger partial charge in [0.2, 0.25) is 0 Å². The summed E-state index contributed by atoms with van der Waals surface area (Å²) in [5, 5.41) is 3.13. The maximum atomic E-state index is 5.76. The molecule has 0 fully saturated rings. The Labute approximate surface area is 104 Å². The summed E-state index contributed by atoms with van der Waals surface area (Å²) in [6, 6.07) is 5.88. The molecular formula is C13H22N2O2. The first-order chi connectivity index (χ1) is 8.17. The van der Waals surface area contributed by atoms with Gasteiger partial charge in [-0.05, 0) is 39.3 Å². The Kier molecular flexibility index (Phi) is 5.80. The van der Waals surface area contributed by atoms with E-state index in [0.717, 1.165) is 30.2 Å². The smallest absolute Gasteiger partial charge is 0.124 e. The molecule has 0 radical (unpaired) electrons. The van der Waals surface area contributed by atoms with Crippen molar-refractivity contribution in [1.29, 1.82) is 0 Å². The second kappa shape index (κ2) is 7.14. The standard InChI is InChI=1S/C13H22N2O2/c1-14-10-11-9-12(16-4)5-6-13(11)17-8-7-15(2)3/h5-6,9,14H,7-8,10H2,1-4H3. The summed E-state index contributed by atoms with van der Waals surface area (Å²) in [4.78, 5) is 2.10. The average Bonchev–Trinajstić information content (AvgIpc) is 2.31. The molecule has 1 rings (SSSR count). The maximum absolute atomic E-state index is 5.76. The number of rotatable bonds is 7. The zero-order chi connectivity index (χ0) is 12.7. The van der Waals surface area contributed by atoms with Gasteiger partial charge in [-0.1, -0.05) is 0 Å². The van der Waals surface area contributed by atoms with Crippen LogP contribution in [0.2, 0.25) is 0 Å². The van der Waals surface area contributed by atoms with Crippen LogP contribution in [0.5, 0.6) is 11.5 Å². The van der Waals surface area contributed by atoms with Crippen LogP contribution in [-0.2, 0) is 6.54 Å². The quantitative estimate of drug-likeness (QED) is 0.777. The van der Waals surface area contributed by atoms with Crippen LogP contribution in [-0.4, -0.2) is 46.3 Å². The number of benzene rings is 1. The fourth-order valence-electron chi connectivity index (χ4n) is 1.49. The van der Waals surface area contributed by atoms with Gasteiger partial charge in [-0.2, -0.15) is 0 Å². The lowest BCUT2D eigenvalue weighted by molar-refractivity contribution is 0.259. The minimum absolute atomic E-state index is 0.691. The van der Waals surface area contributed by atoms with Gasteiger partial charge in [0.1, 0.15) is 18.1 Å². The molecule has 4 nitrogen and oxygen atoms in total. The van der Waals surface area contributed by atoms with Gasteiger partial charge < -0.3 is 19.7 Å². The highest BCUT2D eigenvalue weighted by atomic mass is 16.5. The highest BCUT2D eigenvalue weighted by molar-refractivity contribution is 5.40. The molecule has 96 valence electrons. The van der Waals surface area contributed by atoms with Crippen LogP contribution in [0.25, 0.3) is 0 Å². The summed E-state index contributed by atoms with van der Waals surface area (Å²) in [6.07, 6.45) is 0. The Bertz CT molecular complexity index is 340. The molecule has 1 aromatic carbocycles. The molecule has 4 heteroatoms. The summed E-state index contributed by atoms with van der Waals surface area (Å²) >= 11 is 0. The zero-order valence-electron chi connectivity index (χ0n) is 11.1. The van der Waals surface area contributed by atoms with Gasteiger partial charge in [-0.3, -0.25) is 0 Å². The number of ether oxygens (including phenoxy) is 2. The predicted molar refractivity (Wildman–Crippen MR) is 69.8 cm³/mol. The van der Waals surface area contributed by atoms with Crippen LogP contribution in [0, 0.1) is 0 Å². The van der Waals surface area contributed by atoms with Gasteiger partial charge in [-0.25, -0.2) is 0 Å². The largest absolute Gasteiger partial charge is 0.497 e. The Morgan fingerprint density at radius 3 is 2.65 bits per heavy atom. The van der Waals surface area contributed by atoms with Crippen LogP contribution < -0.4 is 14.8 Å². The normalized spacial score (nSPS) is 10.6. The molecule has 0 aromatic heterocycles. The Morgan fingerprint density at radius 1 is 1.29 bits per heavy atom. The SMILES string of the molecule is CNCc1cc(OC)ccc1OCCN(C)C. The number of nitrogens with zero attached hydrogens (tertiary/aromatic N) is 1. The molecule has 0 heterocycles. The molecule has 0 amide bonds. The van der Waals surface area contributed by atoms with E-state index < -0.39 is 0 Å². The lowest BCUT2D eigenvalue weighted by Crippen LogP contribution is -2.20. The predicted octanol–water partition coefficient (Wildman–Crippen LogP) is 1.35. The Morgan fingerprint density at radius 2 is 2.06 bits per heavy atom. The van der Waals surface area contributed by atoms with Crippen molar-refractivity contribution in [3.05, 3.63) is 23.8 Å². The molecule has 1 aromatic rings. The topological polar surface area (TPSA) is 33.7 Å². The lowest BCUT2D eigenvalue weighted by Gasteiger charge is -2.14. The number of likely N-dealkylation sites (N-methyl/N-ethyl adjacent to an activating group) is 1. The summed E-state index contributed by atoms with van der Waals surface area (Å²) in [7, 11) is 7.66. The molecule has 0 saturated heterocycles. The van der Waals surface area contributed by atoms with E-state index in [0.29, 0.717) is 6.61 Å². The molecule has 0 aliphatic rings. The minimum atomic E-state index is 0.691. The Balaban J connectivity index is 2.68. The molecule has 0 saturated carbocycles. The van der Waals surface area contributed by atoms with Crippen LogP contribution in [0.1, 0.15) is 5.56 Å². The van der Waals surface area contributed by atoms with E-state index >= 15 is 0 Å². The van der Waals surface area contributed by atoms with Crippen molar-refractivity contribution >= 4 is 0 Å². The first kappa shape index (κ1) is 13.8. The van der Waals surface area contributed by atoms with Gasteiger partial charge >= 0.3 is 0 Å². The van der Waals surface area contributed by atoms with Crippen molar-refractivity contribution in [2.24, 2.45) is 0 Å². The third-order valence-corrected chi connectivity index (χ3v) is 2.43. The summed E-state index contributed by atoms with van der Waals surface area (Å²) in [5.74, 6) is 1.78. The van der Waals surface area contributed by atoms with E-state index in [1.807, 2.05) is 39.3 Å². The molecular weight excluding hydrogens is 216 g/mol. The third-order valence-electron chi connectivity index (χ3n) is 2.43. The molecule has 0 aliphatic heterocycles. The second-order valence-electron chi connectivity index (χ2n) is 4.16. The van der Waals surface area contributed by atoms with E-state index in [4.69, 9.17) is 9.47 Å². The third kappa shape index (κ3) is 4.63. The number of hydrogen-bond acceptors (Lipinski definition) is 4. The molecule has 0 spiro atoms. The van der Waals surface area contributed by atoms with Crippen LogP contribution >= 0.6 is 0 Å². The zero-order valence-corrected chi connectivity index (χ0v) is 11.1. The summed E-state index contributed by atoms with van der Waals surface area (Å²) < 4.78 is 11.0. The van der Waals surface area contributed by atoms with Crippen molar-refractivity contribution in [3.63, 3.8) is 0 Å². The van der Waals surface area contributed by atoms with E-state index in [2.05, 4.69) is 10.2 Å². The first-order valence-electron chi connectivity index (χ1n) is 5.76. The van der Waals surface area contributed by atoms with Gasteiger partial charge in [0.05, 0.1) is 7.11 Å². The molecule has 1 N–H and O–H groups in total. The van der Waals surface area contributed by atoms with Gasteiger partial charge in [-0.15, -0.1) is 0 Å². The monoisotopic (exact) mass is 238 g/mol. The molecule has 0 atom stereocenters. The van der Waals surface area contributed by atoms with Crippen molar-refractivity contribution < 1.29 is 9.47 Å². The number of nitrogens with one attached hydrogen (secondary N) is 1. The van der Waals surface area contributed by atoms with Crippen LogP contribution in [0.3, 0.4) is 0 Å². The molecule has 0 unspecified atom stereocenters. The number of methoxy groups -OCH3 is 1. The van der Waals surface area contributed by atoms with Crippen molar-refractivity contribution in [1.82, 2.24) is 10.2 Å². The van der Waals surface area contributed by atoms with Crippen molar-refractivity contribution in [3.8, 4) is 11.5 Å². The summed E-state index contributed by atoms with van der Waals surface area (Å²) in [6.45, 7) is 2.37. The van der Waals surface area contributed by atoms with Crippen LogP contribution in [0.4, 0.5) is 0 Å². The molecule has 0 bridgehead atoms. The lowest BCUT2D eigenvalue weighted by atomic mass is 10.2. The van der Waals surface area contributed by atoms with E-state index in [1.54, 1.807) is 7.11 Å². The highest BCUT2D eigenvalue weighted by Crippen LogP contribution is 2.24. The minimum Gasteiger partial charge on any atom is -0.497 e. The van der Waals surface area contributed by atoms with E-state index in [1.165, 1.54) is 0 Å². The average molecular weight is 238 g/mol. The van der Waals surface area contributed by atoms with E-state index in [9.17, 15) is 0 Å². The fraction of sp³-hybridized carbons (Fsp3) is 0.538. The Hall–Kier alpha value is -1.26. The van der Waals surface area contributed by atoms with Crippen molar-refractivity contribution in [2.45, 2.75) is 6.54 Å². The van der Waals surface area contributed by atoms with E-state index in [-0.39, 0.29) is 0 Å². The van der Waals surface area contributed by atoms with Gasteiger partial charge in [0.25, 0.3) is 0 Å².